The number of hydrogen-bond donors (Lipinski definition) is 2. The van der Waals surface area contributed by atoms with Crippen LogP contribution >= 0.6 is 0 Å². The fourth-order valence-corrected chi connectivity index (χ4v) is 3.76. The van der Waals surface area contributed by atoms with Crippen molar-refractivity contribution >= 4 is 22.5 Å². The first-order chi connectivity index (χ1) is 14.5. The smallest absolute Gasteiger partial charge is 0.277 e. The van der Waals surface area contributed by atoms with Crippen LogP contribution in [0.15, 0.2) is 48.9 Å². The van der Waals surface area contributed by atoms with Crippen LogP contribution in [0.4, 0.5) is 5.69 Å². The van der Waals surface area contributed by atoms with Gasteiger partial charge in [-0.1, -0.05) is 11.3 Å². The molecule has 1 saturated carbocycles. The quantitative estimate of drug-likeness (QED) is 0.532. The number of amides is 1. The maximum absolute atomic E-state index is 12.4. The standard InChI is InChI=1S/C22H22N6O2/c1-13-3-4-14(10-23-13)15-7-17(8-15)30-16-5-6-19-18(9-16)20(11-24-19)25-22(29)21-12-28(2)27-26-21/h3-6,9-12,15,17,24H,7-8H2,1-2H3,(H,25,29)/t15-,17-. The first-order valence-electron chi connectivity index (χ1n) is 9.93. The van der Waals surface area contributed by atoms with E-state index in [1.807, 2.05) is 31.3 Å². The van der Waals surface area contributed by atoms with Crippen molar-refractivity contribution in [3.8, 4) is 5.75 Å². The Kier molecular flexibility index (Phi) is 4.46. The van der Waals surface area contributed by atoms with Gasteiger partial charge >= 0.3 is 0 Å². The monoisotopic (exact) mass is 402 g/mol. The number of fused-ring (bicyclic) bond motifs is 1. The van der Waals surface area contributed by atoms with Gasteiger partial charge in [-0.05, 0) is 55.5 Å². The summed E-state index contributed by atoms with van der Waals surface area (Å²) in [6, 6.07) is 10.1. The second-order valence-corrected chi connectivity index (χ2v) is 7.78. The van der Waals surface area contributed by atoms with Gasteiger partial charge in [0, 0.05) is 36.0 Å². The van der Waals surface area contributed by atoms with Gasteiger partial charge in [0.1, 0.15) is 5.75 Å². The SMILES string of the molecule is Cc1ccc([C@H]2C[C@H](Oc3ccc4[nH]cc(NC(=O)c5cn(C)nn5)c4c3)C2)cn1. The summed E-state index contributed by atoms with van der Waals surface area (Å²) >= 11 is 0. The summed E-state index contributed by atoms with van der Waals surface area (Å²) in [4.78, 5) is 20.0. The minimum atomic E-state index is -0.302. The van der Waals surface area contributed by atoms with E-state index in [2.05, 4.69) is 37.7 Å². The summed E-state index contributed by atoms with van der Waals surface area (Å²) in [5.41, 5.74) is 4.19. The Morgan fingerprint density at radius 1 is 1.27 bits per heavy atom. The number of carbonyl (C=O) groups excluding carboxylic acids is 1. The number of pyridine rings is 1. The van der Waals surface area contributed by atoms with Gasteiger partial charge in [-0.25, -0.2) is 0 Å². The zero-order chi connectivity index (χ0) is 20.7. The van der Waals surface area contributed by atoms with Crippen molar-refractivity contribution in [1.29, 1.82) is 0 Å². The van der Waals surface area contributed by atoms with Gasteiger partial charge < -0.3 is 15.0 Å². The Bertz CT molecular complexity index is 1200. The second kappa shape index (κ2) is 7.29. The highest BCUT2D eigenvalue weighted by atomic mass is 16.5. The minimum Gasteiger partial charge on any atom is -0.490 e. The van der Waals surface area contributed by atoms with Crippen molar-refractivity contribution in [2.75, 3.05) is 5.32 Å². The molecular weight excluding hydrogens is 380 g/mol. The van der Waals surface area contributed by atoms with Crippen molar-refractivity contribution in [2.24, 2.45) is 7.05 Å². The normalized spacial score (nSPS) is 18.2. The number of carbonyl (C=O) groups is 1. The van der Waals surface area contributed by atoms with Crippen molar-refractivity contribution in [2.45, 2.75) is 31.8 Å². The number of aromatic amines is 1. The van der Waals surface area contributed by atoms with E-state index in [4.69, 9.17) is 4.74 Å². The Morgan fingerprint density at radius 3 is 2.87 bits per heavy atom. The molecule has 4 aromatic rings. The molecule has 0 unspecified atom stereocenters. The third-order valence-corrected chi connectivity index (χ3v) is 5.54. The maximum Gasteiger partial charge on any atom is 0.277 e. The zero-order valence-electron chi connectivity index (χ0n) is 16.8. The van der Waals surface area contributed by atoms with E-state index in [-0.39, 0.29) is 17.7 Å². The number of aromatic nitrogens is 5. The fourth-order valence-electron chi connectivity index (χ4n) is 3.76. The molecule has 0 saturated heterocycles. The molecule has 0 bridgehead atoms. The average Bonchev–Trinajstić information content (AvgIpc) is 3.32. The maximum atomic E-state index is 12.4. The van der Waals surface area contributed by atoms with Gasteiger partial charge in [-0.3, -0.25) is 14.5 Å². The summed E-state index contributed by atoms with van der Waals surface area (Å²) < 4.78 is 7.67. The average molecular weight is 402 g/mol. The Morgan fingerprint density at radius 2 is 2.13 bits per heavy atom. The van der Waals surface area contributed by atoms with Gasteiger partial charge in [0.25, 0.3) is 5.91 Å². The molecule has 3 aromatic heterocycles. The Balaban J connectivity index is 1.26. The van der Waals surface area contributed by atoms with E-state index in [1.54, 1.807) is 19.4 Å². The van der Waals surface area contributed by atoms with Crippen LogP contribution in [0.25, 0.3) is 10.9 Å². The molecule has 1 amide bonds. The molecule has 0 aliphatic heterocycles. The number of aryl methyl sites for hydroxylation is 2. The van der Waals surface area contributed by atoms with Crippen LogP contribution in [0, 0.1) is 6.92 Å². The van der Waals surface area contributed by atoms with Crippen LogP contribution in [0.2, 0.25) is 0 Å². The topological polar surface area (TPSA) is 97.7 Å². The van der Waals surface area contributed by atoms with Crippen molar-refractivity contribution in [1.82, 2.24) is 25.0 Å². The lowest BCUT2D eigenvalue weighted by molar-refractivity contribution is 0.0985. The van der Waals surface area contributed by atoms with Crippen LogP contribution in [0.1, 0.15) is 40.5 Å². The molecule has 152 valence electrons. The zero-order valence-corrected chi connectivity index (χ0v) is 16.8. The number of hydrogen-bond acceptors (Lipinski definition) is 5. The van der Waals surface area contributed by atoms with E-state index < -0.39 is 0 Å². The number of anilines is 1. The number of ether oxygens (including phenoxy) is 1. The largest absolute Gasteiger partial charge is 0.490 e. The number of H-pyrrole nitrogens is 1. The predicted octanol–water partition coefficient (Wildman–Crippen LogP) is 3.58. The van der Waals surface area contributed by atoms with Crippen LogP contribution in [0.3, 0.4) is 0 Å². The molecule has 8 nitrogen and oxygen atoms in total. The number of nitrogens with zero attached hydrogens (tertiary/aromatic N) is 4. The molecule has 0 atom stereocenters. The Labute approximate surface area is 173 Å². The molecule has 1 aliphatic carbocycles. The van der Waals surface area contributed by atoms with E-state index in [0.29, 0.717) is 11.6 Å². The van der Waals surface area contributed by atoms with Gasteiger partial charge in [0.05, 0.1) is 18.0 Å². The number of nitrogens with one attached hydrogen (secondary N) is 2. The molecule has 0 radical (unpaired) electrons. The first-order valence-corrected chi connectivity index (χ1v) is 9.93. The highest BCUT2D eigenvalue weighted by Crippen LogP contribution is 2.39. The highest BCUT2D eigenvalue weighted by Gasteiger charge is 2.32. The molecule has 1 fully saturated rings. The van der Waals surface area contributed by atoms with Gasteiger partial charge in [0.2, 0.25) is 0 Å². The molecule has 0 spiro atoms. The van der Waals surface area contributed by atoms with E-state index in [1.165, 1.54) is 10.2 Å². The third-order valence-electron chi connectivity index (χ3n) is 5.54. The van der Waals surface area contributed by atoms with Gasteiger partial charge in [-0.15, -0.1) is 5.10 Å². The molecule has 2 N–H and O–H groups in total. The predicted molar refractivity (Wildman–Crippen MR) is 113 cm³/mol. The van der Waals surface area contributed by atoms with Crippen molar-refractivity contribution in [3.63, 3.8) is 0 Å². The van der Waals surface area contributed by atoms with Crippen LogP contribution < -0.4 is 10.1 Å². The van der Waals surface area contributed by atoms with Gasteiger partial charge in [-0.2, -0.15) is 0 Å². The fraction of sp³-hybridized carbons (Fsp3) is 0.273. The summed E-state index contributed by atoms with van der Waals surface area (Å²) in [7, 11) is 1.72. The molecule has 3 heterocycles. The van der Waals surface area contributed by atoms with E-state index in [0.717, 1.165) is 35.2 Å². The number of rotatable bonds is 5. The molecule has 5 rings (SSSR count). The summed E-state index contributed by atoms with van der Waals surface area (Å²) in [6.07, 6.45) is 7.46. The third kappa shape index (κ3) is 3.52. The van der Waals surface area contributed by atoms with E-state index >= 15 is 0 Å². The van der Waals surface area contributed by atoms with Crippen LogP contribution in [-0.2, 0) is 7.05 Å². The molecule has 8 heteroatoms. The lowest BCUT2D eigenvalue weighted by Gasteiger charge is -2.35. The second-order valence-electron chi connectivity index (χ2n) is 7.78. The summed E-state index contributed by atoms with van der Waals surface area (Å²) in [5, 5.41) is 11.4. The lowest BCUT2D eigenvalue weighted by atomic mass is 9.78. The molecule has 1 aromatic carbocycles. The van der Waals surface area contributed by atoms with E-state index in [9.17, 15) is 4.79 Å². The highest BCUT2D eigenvalue weighted by molar-refractivity contribution is 6.08. The number of benzene rings is 1. The van der Waals surface area contributed by atoms with Crippen LogP contribution in [-0.4, -0.2) is 37.0 Å². The summed E-state index contributed by atoms with van der Waals surface area (Å²) in [5.74, 6) is 0.993. The van der Waals surface area contributed by atoms with Crippen LogP contribution in [0.5, 0.6) is 5.75 Å². The Hall–Kier alpha value is -3.68. The van der Waals surface area contributed by atoms with Crippen molar-refractivity contribution in [3.05, 3.63) is 65.9 Å². The lowest BCUT2D eigenvalue weighted by Crippen LogP contribution is -2.32. The van der Waals surface area contributed by atoms with Gasteiger partial charge in [0.15, 0.2) is 5.69 Å². The molecular formula is C22H22N6O2. The molecule has 1 aliphatic rings. The molecule has 30 heavy (non-hydrogen) atoms. The van der Waals surface area contributed by atoms with Crippen molar-refractivity contribution < 1.29 is 9.53 Å². The minimum absolute atomic E-state index is 0.185. The first kappa shape index (κ1) is 18.4. The summed E-state index contributed by atoms with van der Waals surface area (Å²) in [6.45, 7) is 2.00.